The number of halogens is 1. The van der Waals surface area contributed by atoms with Crippen LogP contribution in [-0.4, -0.2) is 7.11 Å². The monoisotopic (exact) mass is 268 g/mol. The average Bonchev–Trinajstić information content (AvgIpc) is 2.89. The molecule has 0 saturated carbocycles. The van der Waals surface area contributed by atoms with Gasteiger partial charge in [0.15, 0.2) is 0 Å². The first-order valence-electron chi connectivity index (χ1n) is 5.20. The van der Waals surface area contributed by atoms with Gasteiger partial charge in [-0.05, 0) is 28.5 Å². The fourth-order valence-electron chi connectivity index (χ4n) is 1.44. The van der Waals surface area contributed by atoms with Crippen LogP contribution < -0.4 is 9.47 Å². The highest BCUT2D eigenvalue weighted by Gasteiger charge is 2.05. The number of methoxy groups -OCH3 is 1. The van der Waals surface area contributed by atoms with Gasteiger partial charge in [-0.1, -0.05) is 6.07 Å². The molecule has 0 N–H and O–H groups in total. The van der Waals surface area contributed by atoms with Gasteiger partial charge in [0.05, 0.1) is 13.0 Å². The van der Waals surface area contributed by atoms with Gasteiger partial charge in [0.25, 0.3) is 0 Å². The lowest BCUT2D eigenvalue weighted by atomic mass is 10.2. The molecule has 0 saturated heterocycles. The summed E-state index contributed by atoms with van der Waals surface area (Å²) in [5.74, 6) is 1.99. The standard InChI is InChI=1S/C13H13ClO2S/c1-15-12-3-2-11(7-14)13(6-12)16-8-10-4-5-17-9-10/h2-6,9H,7-8H2,1H3. The quantitative estimate of drug-likeness (QED) is 0.761. The third-order valence-electron chi connectivity index (χ3n) is 2.39. The second kappa shape index (κ2) is 5.94. The minimum atomic E-state index is 0.433. The van der Waals surface area contributed by atoms with Gasteiger partial charge < -0.3 is 9.47 Å². The van der Waals surface area contributed by atoms with E-state index in [4.69, 9.17) is 21.1 Å². The summed E-state index contributed by atoms with van der Waals surface area (Å²) in [6, 6.07) is 7.72. The minimum Gasteiger partial charge on any atom is -0.497 e. The van der Waals surface area contributed by atoms with Gasteiger partial charge in [-0.2, -0.15) is 11.3 Å². The Morgan fingerprint density at radius 3 is 2.82 bits per heavy atom. The Bertz CT molecular complexity index is 468. The van der Waals surface area contributed by atoms with E-state index in [1.54, 1.807) is 18.4 Å². The van der Waals surface area contributed by atoms with Crippen molar-refractivity contribution in [1.29, 1.82) is 0 Å². The second-order valence-corrected chi connectivity index (χ2v) is 4.57. The van der Waals surface area contributed by atoms with E-state index >= 15 is 0 Å². The van der Waals surface area contributed by atoms with Crippen molar-refractivity contribution in [3.8, 4) is 11.5 Å². The summed E-state index contributed by atoms with van der Waals surface area (Å²) in [7, 11) is 1.64. The Labute approximate surface area is 110 Å². The summed E-state index contributed by atoms with van der Waals surface area (Å²) in [5, 5.41) is 4.10. The SMILES string of the molecule is COc1ccc(CCl)c(OCc2ccsc2)c1. The lowest BCUT2D eigenvalue weighted by Crippen LogP contribution is -1.97. The molecule has 0 aliphatic carbocycles. The first-order valence-corrected chi connectivity index (χ1v) is 6.68. The van der Waals surface area contributed by atoms with Crippen molar-refractivity contribution in [2.75, 3.05) is 7.11 Å². The summed E-state index contributed by atoms with van der Waals surface area (Å²) in [5.41, 5.74) is 2.14. The van der Waals surface area contributed by atoms with Crippen molar-refractivity contribution in [1.82, 2.24) is 0 Å². The summed E-state index contributed by atoms with van der Waals surface area (Å²) in [6.45, 7) is 0.556. The van der Waals surface area contributed by atoms with Crippen LogP contribution in [0.15, 0.2) is 35.0 Å². The molecular weight excluding hydrogens is 256 g/mol. The van der Waals surface area contributed by atoms with E-state index in [-0.39, 0.29) is 0 Å². The van der Waals surface area contributed by atoms with Crippen molar-refractivity contribution in [2.45, 2.75) is 12.5 Å². The molecule has 0 bridgehead atoms. The summed E-state index contributed by atoms with van der Waals surface area (Å²) in [6.07, 6.45) is 0. The van der Waals surface area contributed by atoms with Crippen molar-refractivity contribution in [3.63, 3.8) is 0 Å². The van der Waals surface area contributed by atoms with Gasteiger partial charge >= 0.3 is 0 Å². The highest BCUT2D eigenvalue weighted by atomic mass is 35.5. The van der Waals surface area contributed by atoms with Crippen LogP contribution in [0, 0.1) is 0 Å². The molecule has 0 aliphatic rings. The molecule has 2 nitrogen and oxygen atoms in total. The normalized spacial score (nSPS) is 10.2. The average molecular weight is 269 g/mol. The van der Waals surface area contributed by atoms with Crippen LogP contribution in [0.3, 0.4) is 0 Å². The third-order valence-corrected chi connectivity index (χ3v) is 3.41. The van der Waals surface area contributed by atoms with Crippen LogP contribution in [0.4, 0.5) is 0 Å². The van der Waals surface area contributed by atoms with Gasteiger partial charge in [0, 0.05) is 11.6 Å². The molecule has 0 amide bonds. The minimum absolute atomic E-state index is 0.433. The van der Waals surface area contributed by atoms with Crippen molar-refractivity contribution >= 4 is 22.9 Å². The molecule has 0 aliphatic heterocycles. The third kappa shape index (κ3) is 3.14. The summed E-state index contributed by atoms with van der Waals surface area (Å²) in [4.78, 5) is 0. The fourth-order valence-corrected chi connectivity index (χ4v) is 2.32. The van der Waals surface area contributed by atoms with E-state index in [2.05, 4.69) is 5.38 Å². The molecule has 0 atom stereocenters. The van der Waals surface area contributed by atoms with Crippen LogP contribution >= 0.6 is 22.9 Å². The smallest absolute Gasteiger partial charge is 0.127 e. The lowest BCUT2D eigenvalue weighted by Gasteiger charge is -2.10. The number of alkyl halides is 1. The highest BCUT2D eigenvalue weighted by Crippen LogP contribution is 2.27. The van der Waals surface area contributed by atoms with Gasteiger partial charge in [-0.15, -0.1) is 11.6 Å². The number of ether oxygens (including phenoxy) is 2. The van der Waals surface area contributed by atoms with Gasteiger partial charge in [-0.3, -0.25) is 0 Å². The van der Waals surface area contributed by atoms with E-state index in [0.29, 0.717) is 12.5 Å². The number of thiophene rings is 1. The van der Waals surface area contributed by atoms with Gasteiger partial charge in [-0.25, -0.2) is 0 Å². The molecule has 1 heterocycles. The Kier molecular flexibility index (Phi) is 4.29. The molecule has 4 heteroatoms. The molecule has 0 radical (unpaired) electrons. The highest BCUT2D eigenvalue weighted by molar-refractivity contribution is 7.07. The number of benzene rings is 1. The van der Waals surface area contributed by atoms with Crippen LogP contribution in [0.25, 0.3) is 0 Å². The fraction of sp³-hybridized carbons (Fsp3) is 0.231. The maximum absolute atomic E-state index is 5.87. The molecule has 0 spiro atoms. The van der Waals surface area contributed by atoms with Gasteiger partial charge in [0.1, 0.15) is 18.1 Å². The number of hydrogen-bond acceptors (Lipinski definition) is 3. The maximum Gasteiger partial charge on any atom is 0.127 e. The Balaban J connectivity index is 2.12. The second-order valence-electron chi connectivity index (χ2n) is 3.53. The van der Waals surface area contributed by atoms with Gasteiger partial charge in [0.2, 0.25) is 0 Å². The lowest BCUT2D eigenvalue weighted by molar-refractivity contribution is 0.301. The first-order chi connectivity index (χ1) is 8.33. The van der Waals surface area contributed by atoms with E-state index in [1.165, 1.54) is 5.56 Å². The molecule has 90 valence electrons. The summed E-state index contributed by atoms with van der Waals surface area (Å²) < 4.78 is 10.9. The van der Waals surface area contributed by atoms with Crippen LogP contribution in [0.1, 0.15) is 11.1 Å². The molecule has 17 heavy (non-hydrogen) atoms. The number of hydrogen-bond donors (Lipinski definition) is 0. The van der Waals surface area contributed by atoms with Crippen molar-refractivity contribution in [2.24, 2.45) is 0 Å². The van der Waals surface area contributed by atoms with E-state index < -0.39 is 0 Å². The van der Waals surface area contributed by atoms with E-state index in [0.717, 1.165) is 17.1 Å². The van der Waals surface area contributed by atoms with Crippen LogP contribution in [0.5, 0.6) is 11.5 Å². The Morgan fingerprint density at radius 1 is 1.29 bits per heavy atom. The topological polar surface area (TPSA) is 18.5 Å². The molecular formula is C13H13ClO2S. The summed E-state index contributed by atoms with van der Waals surface area (Å²) >= 11 is 7.53. The predicted octanol–water partition coefficient (Wildman–Crippen LogP) is 4.07. The van der Waals surface area contributed by atoms with Crippen molar-refractivity contribution in [3.05, 3.63) is 46.2 Å². The zero-order valence-electron chi connectivity index (χ0n) is 9.48. The van der Waals surface area contributed by atoms with E-state index in [1.807, 2.05) is 29.6 Å². The molecule has 1 aromatic heterocycles. The Hall–Kier alpha value is -1.19. The molecule has 2 aromatic rings. The molecule has 1 aromatic carbocycles. The molecule has 2 rings (SSSR count). The first kappa shape index (κ1) is 12.3. The Morgan fingerprint density at radius 2 is 2.18 bits per heavy atom. The zero-order chi connectivity index (χ0) is 12.1. The molecule has 0 fully saturated rings. The van der Waals surface area contributed by atoms with E-state index in [9.17, 15) is 0 Å². The maximum atomic E-state index is 5.87. The van der Waals surface area contributed by atoms with Crippen LogP contribution in [-0.2, 0) is 12.5 Å². The molecule has 0 unspecified atom stereocenters. The zero-order valence-corrected chi connectivity index (χ0v) is 11.1. The predicted molar refractivity (Wildman–Crippen MR) is 71.2 cm³/mol. The largest absolute Gasteiger partial charge is 0.497 e. The number of rotatable bonds is 5. The van der Waals surface area contributed by atoms with Crippen LogP contribution in [0.2, 0.25) is 0 Å². The van der Waals surface area contributed by atoms with Crippen molar-refractivity contribution < 1.29 is 9.47 Å².